The molecule has 0 aromatic carbocycles. The van der Waals surface area contributed by atoms with Crippen LogP contribution in [0.4, 0.5) is 4.79 Å². The molecule has 1 saturated heterocycles. The SMILES string of the molecule is CC(C)(C)OC(=O)N1CCC(CCO)(c2cc(O)n[nH]2)C1. The number of aromatic nitrogens is 2. The first-order valence-electron chi connectivity index (χ1n) is 7.09. The average molecular weight is 297 g/mol. The molecule has 1 aromatic rings. The van der Waals surface area contributed by atoms with Crippen molar-refractivity contribution >= 4 is 6.09 Å². The third-order valence-corrected chi connectivity index (χ3v) is 3.73. The van der Waals surface area contributed by atoms with Crippen LogP contribution in [0.1, 0.15) is 39.3 Å². The van der Waals surface area contributed by atoms with E-state index in [4.69, 9.17) is 4.74 Å². The molecule has 1 aromatic heterocycles. The number of hydrogen-bond donors (Lipinski definition) is 3. The lowest BCUT2D eigenvalue weighted by Crippen LogP contribution is -2.38. The van der Waals surface area contributed by atoms with Crippen LogP contribution in [-0.2, 0) is 10.2 Å². The van der Waals surface area contributed by atoms with Crippen molar-refractivity contribution in [1.82, 2.24) is 15.1 Å². The summed E-state index contributed by atoms with van der Waals surface area (Å²) in [6.07, 6.45) is 0.827. The lowest BCUT2D eigenvalue weighted by molar-refractivity contribution is 0.0280. The number of nitrogens with one attached hydrogen (secondary N) is 1. The van der Waals surface area contributed by atoms with E-state index in [-0.39, 0.29) is 18.6 Å². The van der Waals surface area contributed by atoms with Crippen molar-refractivity contribution in [1.29, 1.82) is 0 Å². The Morgan fingerprint density at radius 3 is 2.81 bits per heavy atom. The van der Waals surface area contributed by atoms with Crippen LogP contribution in [0.15, 0.2) is 6.07 Å². The lowest BCUT2D eigenvalue weighted by atomic mass is 9.80. The van der Waals surface area contributed by atoms with Crippen molar-refractivity contribution in [2.45, 2.75) is 44.6 Å². The fourth-order valence-corrected chi connectivity index (χ4v) is 2.71. The summed E-state index contributed by atoms with van der Waals surface area (Å²) in [5.74, 6) is -0.0852. The Hall–Kier alpha value is -1.76. The molecule has 1 atom stereocenters. The van der Waals surface area contributed by atoms with Crippen LogP contribution in [0.5, 0.6) is 5.88 Å². The normalized spacial score (nSPS) is 22.6. The van der Waals surface area contributed by atoms with Crippen LogP contribution in [-0.4, -0.2) is 56.7 Å². The number of likely N-dealkylation sites (tertiary alicyclic amines) is 1. The molecule has 7 nitrogen and oxygen atoms in total. The minimum atomic E-state index is -0.536. The summed E-state index contributed by atoms with van der Waals surface area (Å²) in [6, 6.07) is 1.55. The van der Waals surface area contributed by atoms with E-state index in [2.05, 4.69) is 10.2 Å². The van der Waals surface area contributed by atoms with Gasteiger partial charge in [-0.25, -0.2) is 4.79 Å². The molecule has 1 aliphatic heterocycles. The highest BCUT2D eigenvalue weighted by Crippen LogP contribution is 2.38. The Balaban J connectivity index is 2.14. The van der Waals surface area contributed by atoms with Gasteiger partial charge in [0.15, 0.2) is 0 Å². The zero-order valence-corrected chi connectivity index (χ0v) is 12.7. The van der Waals surface area contributed by atoms with Crippen LogP contribution >= 0.6 is 0 Å². The summed E-state index contributed by atoms with van der Waals surface area (Å²) in [5.41, 5.74) is -0.217. The van der Waals surface area contributed by atoms with E-state index in [1.54, 1.807) is 11.0 Å². The van der Waals surface area contributed by atoms with Crippen molar-refractivity contribution in [2.24, 2.45) is 0 Å². The first-order chi connectivity index (χ1) is 9.76. The number of carbonyl (C=O) groups excluding carboxylic acids is 1. The lowest BCUT2D eigenvalue weighted by Gasteiger charge is -2.28. The van der Waals surface area contributed by atoms with Gasteiger partial charge in [-0.15, -0.1) is 5.10 Å². The zero-order chi connectivity index (χ0) is 15.7. The molecular formula is C14H23N3O4. The monoisotopic (exact) mass is 297 g/mol. The maximum absolute atomic E-state index is 12.2. The first-order valence-corrected chi connectivity index (χ1v) is 7.09. The Labute approximate surface area is 123 Å². The van der Waals surface area contributed by atoms with Crippen LogP contribution in [0.3, 0.4) is 0 Å². The summed E-state index contributed by atoms with van der Waals surface area (Å²) in [4.78, 5) is 13.8. The molecule has 1 aliphatic rings. The fourth-order valence-electron chi connectivity index (χ4n) is 2.71. The van der Waals surface area contributed by atoms with Crippen LogP contribution in [0.25, 0.3) is 0 Å². The van der Waals surface area contributed by atoms with Crippen LogP contribution in [0.2, 0.25) is 0 Å². The van der Waals surface area contributed by atoms with Crippen LogP contribution in [0, 0.1) is 0 Å². The molecule has 0 spiro atoms. The maximum atomic E-state index is 12.2. The number of aromatic amines is 1. The number of aliphatic hydroxyl groups is 1. The molecule has 1 fully saturated rings. The van der Waals surface area contributed by atoms with Gasteiger partial charge in [0.25, 0.3) is 0 Å². The van der Waals surface area contributed by atoms with E-state index in [0.717, 1.165) is 5.69 Å². The van der Waals surface area contributed by atoms with Crippen molar-refractivity contribution in [3.8, 4) is 5.88 Å². The molecule has 2 rings (SSSR count). The minimum Gasteiger partial charge on any atom is -0.492 e. The molecule has 1 amide bonds. The van der Waals surface area contributed by atoms with Crippen molar-refractivity contribution in [2.75, 3.05) is 19.7 Å². The van der Waals surface area contributed by atoms with E-state index in [0.29, 0.717) is 25.9 Å². The smallest absolute Gasteiger partial charge is 0.410 e. The molecule has 1 unspecified atom stereocenters. The number of nitrogens with zero attached hydrogens (tertiary/aromatic N) is 2. The van der Waals surface area contributed by atoms with Gasteiger partial charge in [0.1, 0.15) is 5.60 Å². The predicted molar refractivity (Wildman–Crippen MR) is 76.1 cm³/mol. The van der Waals surface area contributed by atoms with E-state index in [1.807, 2.05) is 20.8 Å². The Morgan fingerprint density at radius 1 is 1.57 bits per heavy atom. The number of carbonyl (C=O) groups is 1. The van der Waals surface area contributed by atoms with E-state index in [9.17, 15) is 15.0 Å². The van der Waals surface area contributed by atoms with E-state index < -0.39 is 11.0 Å². The topological polar surface area (TPSA) is 98.7 Å². The standard InChI is InChI=1S/C14H23N3O4/c1-13(2,3)21-12(20)17-6-4-14(9-17,5-7-18)10-8-11(19)16-15-10/h8,18H,4-7,9H2,1-3H3,(H2,15,16,19). The number of aromatic hydroxyl groups is 1. The second-order valence-electron chi connectivity index (χ2n) is 6.55. The maximum Gasteiger partial charge on any atom is 0.410 e. The van der Waals surface area contributed by atoms with E-state index >= 15 is 0 Å². The molecule has 0 bridgehead atoms. The molecule has 2 heterocycles. The molecule has 21 heavy (non-hydrogen) atoms. The third kappa shape index (κ3) is 3.47. The quantitative estimate of drug-likeness (QED) is 0.782. The Morgan fingerprint density at radius 2 is 2.29 bits per heavy atom. The average Bonchev–Trinajstić information content (AvgIpc) is 2.95. The summed E-state index contributed by atoms with van der Waals surface area (Å²) < 4.78 is 5.38. The predicted octanol–water partition coefficient (Wildman–Crippen LogP) is 1.38. The van der Waals surface area contributed by atoms with E-state index in [1.165, 1.54) is 0 Å². The second kappa shape index (κ2) is 5.55. The number of ether oxygens (including phenoxy) is 1. The molecule has 0 radical (unpaired) electrons. The number of hydrogen-bond acceptors (Lipinski definition) is 5. The van der Waals surface area contributed by atoms with Gasteiger partial charge >= 0.3 is 6.09 Å². The number of rotatable bonds is 3. The molecule has 7 heteroatoms. The van der Waals surface area contributed by atoms with Gasteiger partial charge < -0.3 is 19.8 Å². The van der Waals surface area contributed by atoms with Gasteiger partial charge in [-0.3, -0.25) is 5.10 Å². The summed E-state index contributed by atoms with van der Waals surface area (Å²) in [6.45, 7) is 6.47. The van der Waals surface area contributed by atoms with Gasteiger partial charge in [0, 0.05) is 36.9 Å². The Kier molecular flexibility index (Phi) is 4.13. The van der Waals surface area contributed by atoms with Crippen molar-refractivity contribution in [3.05, 3.63) is 11.8 Å². The van der Waals surface area contributed by atoms with Gasteiger partial charge in [-0.2, -0.15) is 0 Å². The number of H-pyrrole nitrogens is 1. The minimum absolute atomic E-state index is 0.00192. The van der Waals surface area contributed by atoms with Crippen LogP contribution < -0.4 is 0 Å². The highest BCUT2D eigenvalue weighted by molar-refractivity contribution is 5.69. The van der Waals surface area contributed by atoms with Gasteiger partial charge in [0.05, 0.1) is 0 Å². The molecule has 118 valence electrons. The third-order valence-electron chi connectivity index (χ3n) is 3.73. The Bertz CT molecular complexity index is 509. The summed E-state index contributed by atoms with van der Waals surface area (Å²) in [5, 5.41) is 25.3. The summed E-state index contributed by atoms with van der Waals surface area (Å²) in [7, 11) is 0. The highest BCUT2D eigenvalue weighted by atomic mass is 16.6. The van der Waals surface area contributed by atoms with Crippen molar-refractivity contribution in [3.63, 3.8) is 0 Å². The van der Waals surface area contributed by atoms with Gasteiger partial charge in [-0.1, -0.05) is 0 Å². The van der Waals surface area contributed by atoms with Gasteiger partial charge in [0.2, 0.25) is 5.88 Å². The second-order valence-corrected chi connectivity index (χ2v) is 6.55. The molecule has 3 N–H and O–H groups in total. The highest BCUT2D eigenvalue weighted by Gasteiger charge is 2.43. The van der Waals surface area contributed by atoms with Gasteiger partial charge in [-0.05, 0) is 33.6 Å². The largest absolute Gasteiger partial charge is 0.492 e. The molecule has 0 saturated carbocycles. The van der Waals surface area contributed by atoms with Crippen molar-refractivity contribution < 1.29 is 19.7 Å². The number of aliphatic hydroxyl groups excluding tert-OH is 1. The molecular weight excluding hydrogens is 274 g/mol. The summed E-state index contributed by atoms with van der Waals surface area (Å²) >= 11 is 0. The zero-order valence-electron chi connectivity index (χ0n) is 12.7. The number of amides is 1. The fraction of sp³-hybridized carbons (Fsp3) is 0.714. The molecule has 0 aliphatic carbocycles. The first kappa shape index (κ1) is 15.6.